The molecule has 0 bridgehead atoms. The summed E-state index contributed by atoms with van der Waals surface area (Å²) in [5, 5.41) is 6.15. The minimum atomic E-state index is 0.0117. The summed E-state index contributed by atoms with van der Waals surface area (Å²) in [6.45, 7) is 2.78. The Kier molecular flexibility index (Phi) is 4.21. The Balaban J connectivity index is 1.99. The standard InChI is InChI=1S/C11H12BrIN2O/c12-8-1-2-10(13)9(3-8)11(16)15-6-7-4-14-5-7/h1-3,7,14H,4-6H2,(H,15,16). The number of nitrogens with one attached hydrogen (secondary N) is 2. The fraction of sp³-hybridized carbons (Fsp3) is 0.364. The van der Waals surface area contributed by atoms with Gasteiger partial charge in [-0.05, 0) is 40.8 Å². The first-order valence-electron chi connectivity index (χ1n) is 5.11. The molecule has 2 rings (SSSR count). The van der Waals surface area contributed by atoms with Crippen LogP contribution >= 0.6 is 38.5 Å². The van der Waals surface area contributed by atoms with Gasteiger partial charge in [-0.1, -0.05) is 15.9 Å². The van der Waals surface area contributed by atoms with Crippen LogP contribution in [0.4, 0.5) is 0 Å². The Bertz CT molecular complexity index is 407. The van der Waals surface area contributed by atoms with E-state index < -0.39 is 0 Å². The lowest BCUT2D eigenvalue weighted by atomic mass is 10.0. The zero-order valence-corrected chi connectivity index (χ0v) is 12.3. The molecule has 2 N–H and O–H groups in total. The zero-order valence-electron chi connectivity index (χ0n) is 8.59. The Hall–Kier alpha value is -0.140. The van der Waals surface area contributed by atoms with Crippen molar-refractivity contribution >= 4 is 44.4 Å². The van der Waals surface area contributed by atoms with Gasteiger partial charge < -0.3 is 10.6 Å². The van der Waals surface area contributed by atoms with Crippen LogP contribution in [-0.4, -0.2) is 25.5 Å². The average molecular weight is 395 g/mol. The molecule has 5 heteroatoms. The van der Waals surface area contributed by atoms with Crippen molar-refractivity contribution in [2.75, 3.05) is 19.6 Å². The van der Waals surface area contributed by atoms with Gasteiger partial charge in [0.2, 0.25) is 0 Å². The van der Waals surface area contributed by atoms with Crippen LogP contribution in [0, 0.1) is 9.49 Å². The van der Waals surface area contributed by atoms with Crippen LogP contribution in [0.5, 0.6) is 0 Å². The summed E-state index contributed by atoms with van der Waals surface area (Å²) in [5.74, 6) is 0.603. The van der Waals surface area contributed by atoms with E-state index in [1.54, 1.807) is 0 Å². The van der Waals surface area contributed by atoms with Gasteiger partial charge in [0, 0.05) is 33.6 Å². The van der Waals surface area contributed by atoms with E-state index in [1.165, 1.54) is 0 Å². The highest BCUT2D eigenvalue weighted by Gasteiger charge is 2.18. The minimum absolute atomic E-state index is 0.0117. The first-order chi connectivity index (χ1) is 7.66. The summed E-state index contributed by atoms with van der Waals surface area (Å²) in [6.07, 6.45) is 0. The van der Waals surface area contributed by atoms with Gasteiger partial charge >= 0.3 is 0 Å². The highest BCUT2D eigenvalue weighted by atomic mass is 127. The smallest absolute Gasteiger partial charge is 0.252 e. The molecule has 0 spiro atoms. The number of carbonyl (C=O) groups is 1. The van der Waals surface area contributed by atoms with Crippen molar-refractivity contribution in [3.63, 3.8) is 0 Å². The molecule has 1 aromatic rings. The normalized spacial score (nSPS) is 15.6. The molecule has 1 saturated heterocycles. The second-order valence-electron chi connectivity index (χ2n) is 3.86. The van der Waals surface area contributed by atoms with Crippen molar-refractivity contribution < 1.29 is 4.79 Å². The summed E-state index contributed by atoms with van der Waals surface area (Å²) in [6, 6.07) is 5.73. The molecule has 1 fully saturated rings. The quantitative estimate of drug-likeness (QED) is 0.770. The molecule has 0 aromatic heterocycles. The predicted octanol–water partition coefficient (Wildman–Crippen LogP) is 2.00. The van der Waals surface area contributed by atoms with Crippen molar-refractivity contribution in [3.05, 3.63) is 31.8 Å². The van der Waals surface area contributed by atoms with Crippen LogP contribution < -0.4 is 10.6 Å². The molecule has 1 aromatic carbocycles. The maximum Gasteiger partial charge on any atom is 0.252 e. The van der Waals surface area contributed by atoms with Gasteiger partial charge in [-0.15, -0.1) is 0 Å². The average Bonchev–Trinajstić information content (AvgIpc) is 2.19. The summed E-state index contributed by atoms with van der Waals surface area (Å²) < 4.78 is 1.91. The number of carbonyl (C=O) groups excluding carboxylic acids is 1. The van der Waals surface area contributed by atoms with Gasteiger partial charge in [-0.2, -0.15) is 0 Å². The molecule has 1 aliphatic heterocycles. The molecule has 1 amide bonds. The third kappa shape index (κ3) is 2.95. The summed E-state index contributed by atoms with van der Waals surface area (Å²) in [7, 11) is 0. The molecule has 0 aliphatic carbocycles. The lowest BCUT2D eigenvalue weighted by Crippen LogP contribution is -2.48. The number of benzene rings is 1. The third-order valence-electron chi connectivity index (χ3n) is 2.59. The van der Waals surface area contributed by atoms with Gasteiger partial charge in [0.05, 0.1) is 5.56 Å². The molecule has 0 atom stereocenters. The van der Waals surface area contributed by atoms with Crippen LogP contribution in [0.1, 0.15) is 10.4 Å². The minimum Gasteiger partial charge on any atom is -0.352 e. The number of rotatable bonds is 3. The topological polar surface area (TPSA) is 41.1 Å². The predicted molar refractivity (Wildman–Crippen MR) is 75.6 cm³/mol. The molecule has 0 radical (unpaired) electrons. The molecule has 86 valence electrons. The van der Waals surface area contributed by atoms with E-state index in [-0.39, 0.29) is 5.91 Å². The number of hydrogen-bond acceptors (Lipinski definition) is 2. The van der Waals surface area contributed by atoms with Crippen LogP contribution in [0.2, 0.25) is 0 Å². The van der Waals surface area contributed by atoms with Crippen LogP contribution in [-0.2, 0) is 0 Å². The number of amides is 1. The van der Waals surface area contributed by atoms with Crippen LogP contribution in [0.15, 0.2) is 22.7 Å². The second kappa shape index (κ2) is 5.46. The van der Waals surface area contributed by atoms with E-state index in [0.29, 0.717) is 5.92 Å². The second-order valence-corrected chi connectivity index (χ2v) is 5.94. The Morgan fingerprint density at radius 3 is 2.94 bits per heavy atom. The van der Waals surface area contributed by atoms with E-state index in [4.69, 9.17) is 0 Å². The van der Waals surface area contributed by atoms with Gasteiger partial charge in [0.25, 0.3) is 5.91 Å². The van der Waals surface area contributed by atoms with Crippen molar-refractivity contribution in [3.8, 4) is 0 Å². The molecular weight excluding hydrogens is 383 g/mol. The first-order valence-corrected chi connectivity index (χ1v) is 6.98. The van der Waals surface area contributed by atoms with E-state index in [0.717, 1.165) is 33.2 Å². The highest BCUT2D eigenvalue weighted by molar-refractivity contribution is 14.1. The van der Waals surface area contributed by atoms with Crippen LogP contribution in [0.25, 0.3) is 0 Å². The lowest BCUT2D eigenvalue weighted by molar-refractivity contribution is 0.0941. The number of halogens is 2. The molecule has 16 heavy (non-hydrogen) atoms. The Morgan fingerprint density at radius 1 is 1.56 bits per heavy atom. The monoisotopic (exact) mass is 394 g/mol. The van der Waals surface area contributed by atoms with E-state index in [2.05, 4.69) is 49.2 Å². The number of hydrogen-bond donors (Lipinski definition) is 2. The zero-order chi connectivity index (χ0) is 11.5. The fourth-order valence-electron chi connectivity index (χ4n) is 1.50. The summed E-state index contributed by atoms with van der Waals surface area (Å²) >= 11 is 5.55. The molecule has 1 heterocycles. The van der Waals surface area contributed by atoms with E-state index in [1.807, 2.05) is 18.2 Å². The van der Waals surface area contributed by atoms with Gasteiger partial charge in [0.1, 0.15) is 0 Å². The fourth-order valence-corrected chi connectivity index (χ4v) is 2.44. The van der Waals surface area contributed by atoms with Crippen molar-refractivity contribution in [1.82, 2.24) is 10.6 Å². The summed E-state index contributed by atoms with van der Waals surface area (Å²) in [5.41, 5.74) is 0.738. The Morgan fingerprint density at radius 2 is 2.31 bits per heavy atom. The maximum atomic E-state index is 11.9. The lowest BCUT2D eigenvalue weighted by Gasteiger charge is -2.27. The van der Waals surface area contributed by atoms with Crippen molar-refractivity contribution in [2.45, 2.75) is 0 Å². The third-order valence-corrected chi connectivity index (χ3v) is 4.02. The van der Waals surface area contributed by atoms with Crippen molar-refractivity contribution in [1.29, 1.82) is 0 Å². The molecular formula is C11H12BrIN2O. The molecule has 1 aliphatic rings. The maximum absolute atomic E-state index is 11.9. The Labute approximate surface area is 117 Å². The van der Waals surface area contributed by atoms with E-state index in [9.17, 15) is 4.79 Å². The SMILES string of the molecule is O=C(NCC1CNC1)c1cc(Br)ccc1I. The van der Waals surface area contributed by atoms with Crippen molar-refractivity contribution in [2.24, 2.45) is 5.92 Å². The highest BCUT2D eigenvalue weighted by Crippen LogP contribution is 2.18. The van der Waals surface area contributed by atoms with E-state index >= 15 is 0 Å². The van der Waals surface area contributed by atoms with Gasteiger partial charge in [0.15, 0.2) is 0 Å². The molecule has 0 saturated carbocycles. The van der Waals surface area contributed by atoms with Gasteiger partial charge in [-0.25, -0.2) is 0 Å². The largest absolute Gasteiger partial charge is 0.352 e. The van der Waals surface area contributed by atoms with Crippen LogP contribution in [0.3, 0.4) is 0 Å². The molecule has 0 unspecified atom stereocenters. The molecule has 3 nitrogen and oxygen atoms in total. The van der Waals surface area contributed by atoms with Gasteiger partial charge in [-0.3, -0.25) is 4.79 Å². The first kappa shape index (κ1) is 12.3. The summed E-state index contributed by atoms with van der Waals surface area (Å²) in [4.78, 5) is 11.9.